The first kappa shape index (κ1) is 17.9. The van der Waals surface area contributed by atoms with E-state index < -0.39 is 0 Å². The Bertz CT molecular complexity index is 225. The van der Waals surface area contributed by atoms with Gasteiger partial charge in [-0.25, -0.2) is 0 Å². The molecule has 1 unspecified atom stereocenters. The first-order chi connectivity index (χ1) is 9.63. The van der Waals surface area contributed by atoms with E-state index in [0.717, 1.165) is 6.04 Å². The largest absolute Gasteiger partial charge is 0.317 e. The fraction of sp³-hybridized carbons (Fsp3) is 1.00. The van der Waals surface area contributed by atoms with Crippen LogP contribution in [0.15, 0.2) is 0 Å². The fourth-order valence-corrected chi connectivity index (χ4v) is 2.78. The Morgan fingerprint density at radius 2 is 1.80 bits per heavy atom. The van der Waals surface area contributed by atoms with Crippen molar-refractivity contribution in [1.82, 2.24) is 20.0 Å². The number of hydrogen-bond donors (Lipinski definition) is 1. The number of nitrogens with one attached hydrogen (secondary N) is 1. The van der Waals surface area contributed by atoms with Crippen LogP contribution in [-0.2, 0) is 0 Å². The van der Waals surface area contributed by atoms with Crippen molar-refractivity contribution in [3.05, 3.63) is 0 Å². The molecule has 1 saturated heterocycles. The Kier molecular flexibility index (Phi) is 9.44. The van der Waals surface area contributed by atoms with Crippen molar-refractivity contribution in [1.29, 1.82) is 0 Å². The average Bonchev–Trinajstić information content (AvgIpc) is 2.45. The zero-order chi connectivity index (χ0) is 14.8. The van der Waals surface area contributed by atoms with Crippen LogP contribution in [0.2, 0.25) is 0 Å². The third-order valence-electron chi connectivity index (χ3n) is 4.30. The SMILES string of the molecule is CCCNCCCC(C)N1CCN(CCN(C)C)CC1. The summed E-state index contributed by atoms with van der Waals surface area (Å²) in [4.78, 5) is 7.55. The number of hydrogen-bond acceptors (Lipinski definition) is 4. The molecule has 0 aliphatic carbocycles. The highest BCUT2D eigenvalue weighted by Gasteiger charge is 2.20. The number of rotatable bonds is 10. The van der Waals surface area contributed by atoms with Crippen LogP contribution in [0.25, 0.3) is 0 Å². The minimum Gasteiger partial charge on any atom is -0.317 e. The molecule has 0 bridgehead atoms. The predicted octanol–water partition coefficient (Wildman–Crippen LogP) is 1.33. The van der Waals surface area contributed by atoms with E-state index in [0.29, 0.717) is 0 Å². The number of likely N-dealkylation sites (N-methyl/N-ethyl adjacent to an activating group) is 1. The van der Waals surface area contributed by atoms with Gasteiger partial charge in [0.15, 0.2) is 0 Å². The van der Waals surface area contributed by atoms with Gasteiger partial charge in [-0.3, -0.25) is 9.80 Å². The Hall–Kier alpha value is -0.160. The van der Waals surface area contributed by atoms with Gasteiger partial charge in [0.05, 0.1) is 0 Å². The van der Waals surface area contributed by atoms with Crippen LogP contribution in [0.5, 0.6) is 0 Å². The second kappa shape index (κ2) is 10.6. The minimum atomic E-state index is 0.745. The molecule has 0 spiro atoms. The third kappa shape index (κ3) is 7.58. The van der Waals surface area contributed by atoms with Crippen molar-refractivity contribution in [2.24, 2.45) is 0 Å². The molecule has 0 aromatic rings. The molecule has 0 aromatic heterocycles. The van der Waals surface area contributed by atoms with Crippen molar-refractivity contribution in [3.8, 4) is 0 Å². The molecule has 1 fully saturated rings. The van der Waals surface area contributed by atoms with Crippen LogP contribution in [0.1, 0.15) is 33.1 Å². The Morgan fingerprint density at radius 3 is 2.40 bits per heavy atom. The van der Waals surface area contributed by atoms with Gasteiger partial charge in [0.2, 0.25) is 0 Å². The molecule has 20 heavy (non-hydrogen) atoms. The van der Waals surface area contributed by atoms with Crippen LogP contribution in [0.3, 0.4) is 0 Å². The molecule has 4 nitrogen and oxygen atoms in total. The lowest BCUT2D eigenvalue weighted by molar-refractivity contribution is 0.0936. The molecule has 1 N–H and O–H groups in total. The van der Waals surface area contributed by atoms with Gasteiger partial charge in [0.25, 0.3) is 0 Å². The number of piperazine rings is 1. The van der Waals surface area contributed by atoms with Crippen molar-refractivity contribution < 1.29 is 0 Å². The van der Waals surface area contributed by atoms with Gasteiger partial charge < -0.3 is 10.2 Å². The van der Waals surface area contributed by atoms with Gasteiger partial charge in [-0.2, -0.15) is 0 Å². The first-order valence-corrected chi connectivity index (χ1v) is 8.45. The van der Waals surface area contributed by atoms with Gasteiger partial charge in [0.1, 0.15) is 0 Å². The normalized spacial score (nSPS) is 19.6. The maximum Gasteiger partial charge on any atom is 0.0113 e. The zero-order valence-corrected chi connectivity index (χ0v) is 14.2. The van der Waals surface area contributed by atoms with Crippen molar-refractivity contribution >= 4 is 0 Å². The summed E-state index contributed by atoms with van der Waals surface area (Å²) in [5.74, 6) is 0. The molecule has 1 atom stereocenters. The van der Waals surface area contributed by atoms with Gasteiger partial charge in [-0.1, -0.05) is 6.92 Å². The van der Waals surface area contributed by atoms with Crippen LogP contribution in [0.4, 0.5) is 0 Å². The van der Waals surface area contributed by atoms with Crippen LogP contribution in [0, 0.1) is 0 Å². The van der Waals surface area contributed by atoms with E-state index in [1.165, 1.54) is 71.6 Å². The summed E-state index contributed by atoms with van der Waals surface area (Å²) in [6, 6.07) is 0.745. The highest BCUT2D eigenvalue weighted by Crippen LogP contribution is 2.10. The summed E-state index contributed by atoms with van der Waals surface area (Å²) in [7, 11) is 4.32. The van der Waals surface area contributed by atoms with E-state index in [2.05, 4.69) is 48.0 Å². The molecule has 120 valence electrons. The van der Waals surface area contributed by atoms with E-state index in [1.54, 1.807) is 0 Å². The van der Waals surface area contributed by atoms with E-state index in [9.17, 15) is 0 Å². The van der Waals surface area contributed by atoms with E-state index in [4.69, 9.17) is 0 Å². The van der Waals surface area contributed by atoms with E-state index in [-0.39, 0.29) is 0 Å². The first-order valence-electron chi connectivity index (χ1n) is 8.45. The standard InChI is InChI=1S/C16H36N4/c1-5-8-17-9-6-7-16(2)20-14-12-19(13-15-20)11-10-18(3)4/h16-17H,5-15H2,1-4H3. The quantitative estimate of drug-likeness (QED) is 0.611. The van der Waals surface area contributed by atoms with Crippen molar-refractivity contribution in [2.75, 3.05) is 66.5 Å². The van der Waals surface area contributed by atoms with Crippen molar-refractivity contribution in [3.63, 3.8) is 0 Å². The van der Waals surface area contributed by atoms with Gasteiger partial charge in [0, 0.05) is 45.3 Å². The Balaban J connectivity index is 2.07. The summed E-state index contributed by atoms with van der Waals surface area (Å²) >= 11 is 0. The lowest BCUT2D eigenvalue weighted by Crippen LogP contribution is -2.50. The van der Waals surface area contributed by atoms with Crippen LogP contribution >= 0.6 is 0 Å². The summed E-state index contributed by atoms with van der Waals surface area (Å²) in [5, 5.41) is 3.50. The number of nitrogens with zero attached hydrogens (tertiary/aromatic N) is 3. The predicted molar refractivity (Wildman–Crippen MR) is 88.4 cm³/mol. The minimum absolute atomic E-state index is 0.745. The third-order valence-corrected chi connectivity index (χ3v) is 4.30. The topological polar surface area (TPSA) is 21.8 Å². The maximum atomic E-state index is 3.50. The molecule has 1 heterocycles. The molecule has 0 amide bonds. The molecule has 0 saturated carbocycles. The van der Waals surface area contributed by atoms with E-state index in [1.807, 2.05) is 0 Å². The molecule has 1 rings (SSSR count). The summed E-state index contributed by atoms with van der Waals surface area (Å²) < 4.78 is 0. The smallest absolute Gasteiger partial charge is 0.0113 e. The van der Waals surface area contributed by atoms with Gasteiger partial charge >= 0.3 is 0 Å². The molecular formula is C16H36N4. The Morgan fingerprint density at radius 1 is 1.10 bits per heavy atom. The van der Waals surface area contributed by atoms with Crippen LogP contribution in [-0.4, -0.2) is 87.2 Å². The van der Waals surface area contributed by atoms with Gasteiger partial charge in [-0.15, -0.1) is 0 Å². The lowest BCUT2D eigenvalue weighted by Gasteiger charge is -2.38. The Labute approximate surface area is 126 Å². The molecule has 4 heteroatoms. The van der Waals surface area contributed by atoms with Gasteiger partial charge in [-0.05, 0) is 53.4 Å². The fourth-order valence-electron chi connectivity index (χ4n) is 2.78. The average molecular weight is 284 g/mol. The highest BCUT2D eigenvalue weighted by molar-refractivity contribution is 4.76. The molecular weight excluding hydrogens is 248 g/mol. The maximum absolute atomic E-state index is 3.50. The lowest BCUT2D eigenvalue weighted by atomic mass is 10.1. The highest BCUT2D eigenvalue weighted by atomic mass is 15.3. The monoisotopic (exact) mass is 284 g/mol. The van der Waals surface area contributed by atoms with E-state index >= 15 is 0 Å². The summed E-state index contributed by atoms with van der Waals surface area (Å²) in [6.07, 6.45) is 3.88. The zero-order valence-electron chi connectivity index (χ0n) is 14.2. The molecule has 0 aromatic carbocycles. The second-order valence-electron chi connectivity index (χ2n) is 6.42. The molecule has 0 radical (unpaired) electrons. The summed E-state index contributed by atoms with van der Waals surface area (Å²) in [5.41, 5.74) is 0. The summed E-state index contributed by atoms with van der Waals surface area (Å²) in [6.45, 7) is 14.3. The second-order valence-corrected chi connectivity index (χ2v) is 6.42. The molecule has 1 aliphatic heterocycles. The van der Waals surface area contributed by atoms with Crippen LogP contribution < -0.4 is 5.32 Å². The molecule has 1 aliphatic rings. The van der Waals surface area contributed by atoms with Crippen molar-refractivity contribution in [2.45, 2.75) is 39.2 Å².